The number of ether oxygens (including phenoxy) is 2. The first-order chi connectivity index (χ1) is 7.13. The van der Waals surface area contributed by atoms with Crippen molar-refractivity contribution in [2.24, 2.45) is 0 Å². The Bertz CT molecular complexity index is 358. The monoisotopic (exact) mass is 208 g/mol. The van der Waals surface area contributed by atoms with Gasteiger partial charge < -0.3 is 14.6 Å². The minimum Gasteiger partial charge on any atom is -0.508 e. The molecular weight excluding hydrogens is 192 g/mol. The van der Waals surface area contributed by atoms with Crippen LogP contribution >= 0.6 is 0 Å². The van der Waals surface area contributed by atoms with Gasteiger partial charge >= 0.3 is 0 Å². The van der Waals surface area contributed by atoms with Crippen molar-refractivity contribution in [3.63, 3.8) is 0 Å². The number of benzene rings is 1. The molecule has 1 atom stereocenters. The second-order valence-corrected chi connectivity index (χ2v) is 3.29. The lowest BCUT2D eigenvalue weighted by molar-refractivity contribution is 0.350. The molecule has 1 N–H and O–H groups in total. The van der Waals surface area contributed by atoms with Gasteiger partial charge in [-0.15, -0.1) is 6.58 Å². The molecule has 0 aliphatic rings. The Labute approximate surface area is 90.0 Å². The predicted octanol–water partition coefficient (Wildman–Crippen LogP) is 2.70. The molecule has 0 bridgehead atoms. The molecule has 3 nitrogen and oxygen atoms in total. The molecular formula is C12H16O3. The molecule has 0 aliphatic carbocycles. The third kappa shape index (κ3) is 2.24. The molecule has 1 aromatic carbocycles. The van der Waals surface area contributed by atoms with Crippen LogP contribution in [0, 0.1) is 0 Å². The lowest BCUT2D eigenvalue weighted by atomic mass is 10.00. The summed E-state index contributed by atoms with van der Waals surface area (Å²) in [6.45, 7) is 5.65. The SMILES string of the molecule is C=CC(C)c1cc(OC)c(OC)cc1O. The first-order valence-electron chi connectivity index (χ1n) is 4.71. The summed E-state index contributed by atoms with van der Waals surface area (Å²) < 4.78 is 10.2. The van der Waals surface area contributed by atoms with Crippen LogP contribution in [0.5, 0.6) is 17.2 Å². The first kappa shape index (κ1) is 11.4. The van der Waals surface area contributed by atoms with Crippen LogP contribution in [-0.2, 0) is 0 Å². The van der Waals surface area contributed by atoms with E-state index in [1.54, 1.807) is 25.3 Å². The van der Waals surface area contributed by atoms with E-state index in [0.717, 1.165) is 5.56 Å². The van der Waals surface area contributed by atoms with Crippen molar-refractivity contribution in [3.8, 4) is 17.2 Å². The number of rotatable bonds is 4. The molecule has 0 saturated heterocycles. The average Bonchev–Trinajstić information content (AvgIpc) is 2.27. The molecule has 0 heterocycles. The minimum atomic E-state index is 0.0739. The zero-order chi connectivity index (χ0) is 11.4. The van der Waals surface area contributed by atoms with Gasteiger partial charge in [-0.25, -0.2) is 0 Å². The predicted molar refractivity (Wildman–Crippen MR) is 59.8 cm³/mol. The van der Waals surface area contributed by atoms with Gasteiger partial charge in [-0.1, -0.05) is 13.0 Å². The summed E-state index contributed by atoms with van der Waals surface area (Å²) in [5.74, 6) is 1.40. The summed E-state index contributed by atoms with van der Waals surface area (Å²) in [6.07, 6.45) is 1.76. The number of hydrogen-bond donors (Lipinski definition) is 1. The summed E-state index contributed by atoms with van der Waals surface area (Å²) in [4.78, 5) is 0. The van der Waals surface area contributed by atoms with E-state index in [0.29, 0.717) is 11.5 Å². The Morgan fingerprint density at radius 1 is 1.27 bits per heavy atom. The van der Waals surface area contributed by atoms with Crippen molar-refractivity contribution < 1.29 is 14.6 Å². The zero-order valence-electron chi connectivity index (χ0n) is 9.28. The topological polar surface area (TPSA) is 38.7 Å². The lowest BCUT2D eigenvalue weighted by Gasteiger charge is -2.14. The lowest BCUT2D eigenvalue weighted by Crippen LogP contribution is -1.95. The summed E-state index contributed by atoms with van der Waals surface area (Å²) >= 11 is 0. The summed E-state index contributed by atoms with van der Waals surface area (Å²) in [5, 5.41) is 9.76. The first-order valence-corrected chi connectivity index (χ1v) is 4.71. The van der Waals surface area contributed by atoms with Crippen molar-refractivity contribution in [1.29, 1.82) is 0 Å². The van der Waals surface area contributed by atoms with Crippen LogP contribution in [-0.4, -0.2) is 19.3 Å². The number of phenols is 1. The smallest absolute Gasteiger partial charge is 0.164 e. The van der Waals surface area contributed by atoms with Gasteiger partial charge in [0.25, 0.3) is 0 Å². The van der Waals surface area contributed by atoms with Crippen LogP contribution < -0.4 is 9.47 Å². The zero-order valence-corrected chi connectivity index (χ0v) is 9.28. The fourth-order valence-electron chi connectivity index (χ4n) is 1.38. The quantitative estimate of drug-likeness (QED) is 0.773. The highest BCUT2D eigenvalue weighted by Crippen LogP contribution is 2.37. The van der Waals surface area contributed by atoms with E-state index in [4.69, 9.17) is 9.47 Å². The van der Waals surface area contributed by atoms with Crippen molar-refractivity contribution in [3.05, 3.63) is 30.4 Å². The average molecular weight is 208 g/mol. The Morgan fingerprint density at radius 2 is 1.80 bits per heavy atom. The van der Waals surface area contributed by atoms with E-state index in [-0.39, 0.29) is 11.7 Å². The highest BCUT2D eigenvalue weighted by Gasteiger charge is 2.13. The molecule has 0 fully saturated rings. The third-order valence-electron chi connectivity index (χ3n) is 2.38. The second-order valence-electron chi connectivity index (χ2n) is 3.29. The number of phenolic OH excluding ortho intramolecular Hbond substituents is 1. The number of methoxy groups -OCH3 is 2. The van der Waals surface area contributed by atoms with E-state index >= 15 is 0 Å². The molecule has 1 aromatic rings. The Kier molecular flexibility index (Phi) is 3.61. The van der Waals surface area contributed by atoms with E-state index in [9.17, 15) is 5.11 Å². The van der Waals surface area contributed by atoms with Gasteiger partial charge in [0.05, 0.1) is 14.2 Å². The summed E-state index contributed by atoms with van der Waals surface area (Å²) in [6, 6.07) is 3.31. The van der Waals surface area contributed by atoms with Gasteiger partial charge in [-0.2, -0.15) is 0 Å². The van der Waals surface area contributed by atoms with Gasteiger partial charge in [-0.05, 0) is 6.07 Å². The van der Waals surface area contributed by atoms with Crippen LogP contribution in [0.1, 0.15) is 18.4 Å². The normalized spacial score (nSPS) is 11.9. The molecule has 1 rings (SSSR count). The van der Waals surface area contributed by atoms with Gasteiger partial charge in [0.2, 0.25) is 0 Å². The van der Waals surface area contributed by atoms with Crippen LogP contribution in [0.25, 0.3) is 0 Å². The van der Waals surface area contributed by atoms with Crippen LogP contribution in [0.2, 0.25) is 0 Å². The van der Waals surface area contributed by atoms with Crippen molar-refractivity contribution in [2.45, 2.75) is 12.8 Å². The van der Waals surface area contributed by atoms with E-state index < -0.39 is 0 Å². The molecule has 1 unspecified atom stereocenters. The number of aromatic hydroxyl groups is 1. The van der Waals surface area contributed by atoms with Gasteiger partial charge in [0, 0.05) is 17.5 Å². The van der Waals surface area contributed by atoms with Crippen molar-refractivity contribution >= 4 is 0 Å². The Balaban J connectivity index is 3.25. The van der Waals surface area contributed by atoms with Crippen LogP contribution in [0.4, 0.5) is 0 Å². The minimum absolute atomic E-state index is 0.0739. The van der Waals surface area contributed by atoms with Gasteiger partial charge in [-0.3, -0.25) is 0 Å². The van der Waals surface area contributed by atoms with Crippen molar-refractivity contribution in [1.82, 2.24) is 0 Å². The Morgan fingerprint density at radius 3 is 2.27 bits per heavy atom. The van der Waals surface area contributed by atoms with Crippen LogP contribution in [0.3, 0.4) is 0 Å². The molecule has 3 heteroatoms. The molecule has 82 valence electrons. The standard InChI is InChI=1S/C12H16O3/c1-5-8(2)9-6-11(14-3)12(15-4)7-10(9)13/h5-8,13H,1H2,2-4H3. The van der Waals surface area contributed by atoms with E-state index in [2.05, 4.69) is 6.58 Å². The third-order valence-corrected chi connectivity index (χ3v) is 2.38. The maximum absolute atomic E-state index is 9.76. The van der Waals surface area contributed by atoms with Crippen LogP contribution in [0.15, 0.2) is 24.8 Å². The second kappa shape index (κ2) is 4.73. The molecule has 0 aliphatic heterocycles. The maximum Gasteiger partial charge on any atom is 0.164 e. The largest absolute Gasteiger partial charge is 0.508 e. The van der Waals surface area contributed by atoms with Crippen molar-refractivity contribution in [2.75, 3.05) is 14.2 Å². The maximum atomic E-state index is 9.76. The summed E-state index contributed by atoms with van der Waals surface area (Å²) in [5.41, 5.74) is 0.780. The number of allylic oxidation sites excluding steroid dienone is 1. The van der Waals surface area contributed by atoms with Gasteiger partial charge in [0.1, 0.15) is 5.75 Å². The van der Waals surface area contributed by atoms with E-state index in [1.165, 1.54) is 7.11 Å². The fourth-order valence-corrected chi connectivity index (χ4v) is 1.38. The molecule has 15 heavy (non-hydrogen) atoms. The highest BCUT2D eigenvalue weighted by molar-refractivity contribution is 5.51. The molecule has 0 amide bonds. The van der Waals surface area contributed by atoms with Gasteiger partial charge in [0.15, 0.2) is 11.5 Å². The molecule has 0 saturated carbocycles. The fraction of sp³-hybridized carbons (Fsp3) is 0.333. The molecule has 0 aromatic heterocycles. The highest BCUT2D eigenvalue weighted by atomic mass is 16.5. The summed E-state index contributed by atoms with van der Waals surface area (Å²) in [7, 11) is 3.10. The molecule has 0 radical (unpaired) electrons. The Hall–Kier alpha value is -1.64. The molecule has 0 spiro atoms. The van der Waals surface area contributed by atoms with E-state index in [1.807, 2.05) is 6.92 Å². The number of hydrogen-bond acceptors (Lipinski definition) is 3.